The standard InChI is InChI=1S/C15H25N/c1-12-7-6-8-14(9-12)10-13(2)11-16-15(3,4)5/h6-9,13,16H,10-11H2,1-5H3. The van der Waals surface area contributed by atoms with E-state index in [4.69, 9.17) is 0 Å². The predicted molar refractivity (Wildman–Crippen MR) is 71.8 cm³/mol. The van der Waals surface area contributed by atoms with Gasteiger partial charge >= 0.3 is 0 Å². The molecule has 1 aromatic rings. The van der Waals surface area contributed by atoms with Gasteiger partial charge in [0.2, 0.25) is 0 Å². The SMILES string of the molecule is Cc1cccc(CC(C)CNC(C)(C)C)c1. The van der Waals surface area contributed by atoms with Crippen LogP contribution in [-0.2, 0) is 6.42 Å². The quantitative estimate of drug-likeness (QED) is 0.816. The summed E-state index contributed by atoms with van der Waals surface area (Å²) in [4.78, 5) is 0. The van der Waals surface area contributed by atoms with Crippen molar-refractivity contribution in [1.82, 2.24) is 5.32 Å². The molecule has 0 saturated heterocycles. The van der Waals surface area contributed by atoms with Crippen LogP contribution in [0.1, 0.15) is 38.8 Å². The maximum Gasteiger partial charge on any atom is 0.00966 e. The minimum absolute atomic E-state index is 0.223. The lowest BCUT2D eigenvalue weighted by molar-refractivity contribution is 0.381. The van der Waals surface area contributed by atoms with Crippen molar-refractivity contribution in [1.29, 1.82) is 0 Å². The Morgan fingerprint density at radius 2 is 1.94 bits per heavy atom. The lowest BCUT2D eigenvalue weighted by Gasteiger charge is -2.23. The Morgan fingerprint density at radius 1 is 1.25 bits per heavy atom. The van der Waals surface area contributed by atoms with Gasteiger partial charge in [-0.25, -0.2) is 0 Å². The molecule has 0 bridgehead atoms. The van der Waals surface area contributed by atoms with E-state index in [1.54, 1.807) is 0 Å². The first-order valence-corrected chi connectivity index (χ1v) is 6.17. The van der Waals surface area contributed by atoms with Crippen molar-refractivity contribution < 1.29 is 0 Å². The third kappa shape index (κ3) is 5.32. The van der Waals surface area contributed by atoms with Gasteiger partial charge in [-0.1, -0.05) is 36.8 Å². The fourth-order valence-corrected chi connectivity index (χ4v) is 1.79. The summed E-state index contributed by atoms with van der Waals surface area (Å²) in [5.41, 5.74) is 3.03. The fraction of sp³-hybridized carbons (Fsp3) is 0.600. The van der Waals surface area contributed by atoms with E-state index in [2.05, 4.69) is 64.2 Å². The van der Waals surface area contributed by atoms with Gasteiger partial charge in [-0.2, -0.15) is 0 Å². The highest BCUT2D eigenvalue weighted by Gasteiger charge is 2.11. The molecule has 90 valence electrons. The molecule has 1 nitrogen and oxygen atoms in total. The Labute approximate surface area is 100 Å². The van der Waals surface area contributed by atoms with Crippen LogP contribution < -0.4 is 5.32 Å². The highest BCUT2D eigenvalue weighted by Crippen LogP contribution is 2.11. The molecule has 0 saturated carbocycles. The normalized spacial score (nSPS) is 13.8. The Morgan fingerprint density at radius 3 is 2.50 bits per heavy atom. The maximum atomic E-state index is 3.56. The number of hydrogen-bond acceptors (Lipinski definition) is 1. The number of rotatable bonds is 4. The Kier molecular flexibility index (Phi) is 4.55. The number of hydrogen-bond donors (Lipinski definition) is 1. The number of aryl methyl sites for hydroxylation is 1. The molecular weight excluding hydrogens is 194 g/mol. The van der Waals surface area contributed by atoms with Gasteiger partial charge in [-0.05, 0) is 52.1 Å². The van der Waals surface area contributed by atoms with Crippen LogP contribution in [0.5, 0.6) is 0 Å². The first-order chi connectivity index (χ1) is 7.37. The average molecular weight is 219 g/mol. The molecule has 1 rings (SSSR count). The van der Waals surface area contributed by atoms with Gasteiger partial charge in [0.15, 0.2) is 0 Å². The van der Waals surface area contributed by atoms with E-state index >= 15 is 0 Å². The Bertz CT molecular complexity index is 322. The molecule has 0 amide bonds. The van der Waals surface area contributed by atoms with Crippen molar-refractivity contribution in [2.24, 2.45) is 5.92 Å². The molecule has 16 heavy (non-hydrogen) atoms. The summed E-state index contributed by atoms with van der Waals surface area (Å²) in [6, 6.07) is 8.81. The molecule has 1 atom stereocenters. The fourth-order valence-electron chi connectivity index (χ4n) is 1.79. The van der Waals surface area contributed by atoms with Gasteiger partial charge < -0.3 is 5.32 Å². The van der Waals surface area contributed by atoms with Gasteiger partial charge in [0.05, 0.1) is 0 Å². The zero-order valence-corrected chi connectivity index (χ0v) is 11.3. The first kappa shape index (κ1) is 13.2. The van der Waals surface area contributed by atoms with Crippen molar-refractivity contribution in [3.8, 4) is 0 Å². The average Bonchev–Trinajstić information content (AvgIpc) is 2.14. The zero-order valence-electron chi connectivity index (χ0n) is 11.3. The molecule has 1 unspecified atom stereocenters. The maximum absolute atomic E-state index is 3.56. The molecule has 1 heteroatoms. The van der Waals surface area contributed by atoms with Crippen molar-refractivity contribution >= 4 is 0 Å². The van der Waals surface area contributed by atoms with Crippen LogP contribution in [0, 0.1) is 12.8 Å². The molecule has 0 spiro atoms. The zero-order chi connectivity index (χ0) is 12.2. The number of benzene rings is 1. The Balaban J connectivity index is 2.43. The van der Waals surface area contributed by atoms with E-state index in [9.17, 15) is 0 Å². The smallest absolute Gasteiger partial charge is 0.00966 e. The highest BCUT2D eigenvalue weighted by atomic mass is 14.9. The summed E-state index contributed by atoms with van der Waals surface area (Å²) < 4.78 is 0. The van der Waals surface area contributed by atoms with E-state index in [0.29, 0.717) is 5.92 Å². The second-order valence-electron chi connectivity index (χ2n) is 5.93. The topological polar surface area (TPSA) is 12.0 Å². The van der Waals surface area contributed by atoms with Crippen LogP contribution in [0.25, 0.3) is 0 Å². The molecule has 0 fully saturated rings. The van der Waals surface area contributed by atoms with Gasteiger partial charge in [-0.3, -0.25) is 0 Å². The molecule has 1 N–H and O–H groups in total. The lowest BCUT2D eigenvalue weighted by atomic mass is 9.98. The minimum atomic E-state index is 0.223. The second kappa shape index (κ2) is 5.49. The van der Waals surface area contributed by atoms with Crippen molar-refractivity contribution in [3.05, 3.63) is 35.4 Å². The lowest BCUT2D eigenvalue weighted by Crippen LogP contribution is -2.39. The molecule has 0 aliphatic carbocycles. The summed E-state index contributed by atoms with van der Waals surface area (Å²) in [5.74, 6) is 0.682. The number of nitrogens with one attached hydrogen (secondary N) is 1. The predicted octanol–water partition coefficient (Wildman–Crippen LogP) is 3.56. The Hall–Kier alpha value is -0.820. The van der Waals surface area contributed by atoms with E-state index in [0.717, 1.165) is 13.0 Å². The first-order valence-electron chi connectivity index (χ1n) is 6.17. The van der Waals surface area contributed by atoms with Crippen molar-refractivity contribution in [2.45, 2.75) is 46.6 Å². The van der Waals surface area contributed by atoms with Crippen LogP contribution in [0.15, 0.2) is 24.3 Å². The largest absolute Gasteiger partial charge is 0.312 e. The van der Waals surface area contributed by atoms with Gasteiger partial charge in [0.1, 0.15) is 0 Å². The third-order valence-corrected chi connectivity index (χ3v) is 2.65. The van der Waals surface area contributed by atoms with Crippen LogP contribution in [0.4, 0.5) is 0 Å². The molecule has 0 aliphatic heterocycles. The summed E-state index contributed by atoms with van der Waals surface area (Å²) in [5, 5.41) is 3.56. The second-order valence-corrected chi connectivity index (χ2v) is 5.93. The summed E-state index contributed by atoms with van der Waals surface area (Å²) in [6.07, 6.45) is 1.16. The van der Waals surface area contributed by atoms with Crippen LogP contribution in [0.2, 0.25) is 0 Å². The summed E-state index contributed by atoms with van der Waals surface area (Å²) >= 11 is 0. The van der Waals surface area contributed by atoms with E-state index in [-0.39, 0.29) is 5.54 Å². The summed E-state index contributed by atoms with van der Waals surface area (Å²) in [7, 11) is 0. The summed E-state index contributed by atoms with van der Waals surface area (Å²) in [6.45, 7) is 12.2. The van der Waals surface area contributed by atoms with Gasteiger partial charge in [0, 0.05) is 5.54 Å². The monoisotopic (exact) mass is 219 g/mol. The highest BCUT2D eigenvalue weighted by molar-refractivity contribution is 5.22. The minimum Gasteiger partial charge on any atom is -0.312 e. The van der Waals surface area contributed by atoms with Gasteiger partial charge in [-0.15, -0.1) is 0 Å². The van der Waals surface area contributed by atoms with Crippen molar-refractivity contribution in [2.75, 3.05) is 6.54 Å². The molecule has 0 radical (unpaired) electrons. The van der Waals surface area contributed by atoms with Crippen LogP contribution in [0.3, 0.4) is 0 Å². The molecule has 1 aromatic carbocycles. The van der Waals surface area contributed by atoms with E-state index in [1.165, 1.54) is 11.1 Å². The molecule has 0 heterocycles. The van der Waals surface area contributed by atoms with Gasteiger partial charge in [0.25, 0.3) is 0 Å². The van der Waals surface area contributed by atoms with Crippen molar-refractivity contribution in [3.63, 3.8) is 0 Å². The van der Waals surface area contributed by atoms with E-state index < -0.39 is 0 Å². The van der Waals surface area contributed by atoms with E-state index in [1.807, 2.05) is 0 Å². The molecule has 0 aromatic heterocycles. The van der Waals surface area contributed by atoms with Crippen LogP contribution in [-0.4, -0.2) is 12.1 Å². The van der Waals surface area contributed by atoms with Crippen LogP contribution >= 0.6 is 0 Å². The molecular formula is C15H25N. The molecule has 0 aliphatic rings. The third-order valence-electron chi connectivity index (χ3n) is 2.65.